The van der Waals surface area contributed by atoms with E-state index in [9.17, 15) is 0 Å². The molecule has 1 fully saturated rings. The van der Waals surface area contributed by atoms with Crippen LogP contribution in [0.5, 0.6) is 0 Å². The van der Waals surface area contributed by atoms with Gasteiger partial charge in [0.25, 0.3) is 0 Å². The van der Waals surface area contributed by atoms with E-state index in [1.807, 2.05) is 23.1 Å². The molecule has 26 heavy (non-hydrogen) atoms. The van der Waals surface area contributed by atoms with Crippen molar-refractivity contribution in [1.29, 1.82) is 0 Å². The smallest absolute Gasteiger partial charge is 0.191 e. The summed E-state index contributed by atoms with van der Waals surface area (Å²) in [5.41, 5.74) is 0. The monoisotopic (exact) mass is 510 g/mol. The molecule has 1 aliphatic rings. The number of halogens is 1. The van der Waals surface area contributed by atoms with Gasteiger partial charge in [0, 0.05) is 31.1 Å². The molecule has 0 unspecified atom stereocenters. The number of nitrogens with zero attached hydrogens (tertiary/aromatic N) is 2. The van der Waals surface area contributed by atoms with Crippen molar-refractivity contribution in [2.24, 2.45) is 10.9 Å². The molecule has 1 aromatic rings. The van der Waals surface area contributed by atoms with Gasteiger partial charge in [-0.2, -0.15) is 11.8 Å². The van der Waals surface area contributed by atoms with E-state index in [1.165, 1.54) is 49.4 Å². The molecule has 4 nitrogen and oxygen atoms in total. The summed E-state index contributed by atoms with van der Waals surface area (Å²) < 4.78 is 0. The summed E-state index contributed by atoms with van der Waals surface area (Å²) in [4.78, 5) is 8.90. The van der Waals surface area contributed by atoms with Gasteiger partial charge in [0.2, 0.25) is 0 Å². The Morgan fingerprint density at radius 2 is 2.12 bits per heavy atom. The van der Waals surface area contributed by atoms with Crippen LogP contribution in [0.15, 0.2) is 22.5 Å². The molecule has 0 bridgehead atoms. The first-order chi connectivity index (χ1) is 12.3. The summed E-state index contributed by atoms with van der Waals surface area (Å²) >= 11 is 3.79. The highest BCUT2D eigenvalue weighted by Gasteiger charge is 2.19. The molecule has 2 N–H and O–H groups in total. The minimum Gasteiger partial charge on any atom is -0.357 e. The summed E-state index contributed by atoms with van der Waals surface area (Å²) in [5.74, 6) is 2.97. The van der Waals surface area contributed by atoms with Gasteiger partial charge >= 0.3 is 0 Å². The van der Waals surface area contributed by atoms with Gasteiger partial charge in [-0.1, -0.05) is 6.07 Å². The van der Waals surface area contributed by atoms with Gasteiger partial charge in [-0.05, 0) is 75.1 Å². The number of guanidine groups is 1. The maximum atomic E-state index is 4.83. The molecule has 0 spiro atoms. The van der Waals surface area contributed by atoms with Crippen molar-refractivity contribution in [2.75, 3.05) is 44.7 Å². The van der Waals surface area contributed by atoms with E-state index in [-0.39, 0.29) is 24.0 Å². The molecule has 0 aliphatic carbocycles. The maximum Gasteiger partial charge on any atom is 0.191 e. The normalized spacial score (nSPS) is 16.3. The zero-order valence-electron chi connectivity index (χ0n) is 16.2. The number of unbranched alkanes of at least 4 members (excludes halogenated alkanes) is 1. The van der Waals surface area contributed by atoms with Crippen molar-refractivity contribution in [2.45, 2.75) is 39.2 Å². The first-order valence-electron chi connectivity index (χ1n) is 9.57. The van der Waals surface area contributed by atoms with E-state index in [1.54, 1.807) is 0 Å². The molecular formula is C19H35IN4S2. The van der Waals surface area contributed by atoms with Gasteiger partial charge < -0.3 is 10.6 Å². The minimum atomic E-state index is 0. The highest BCUT2D eigenvalue weighted by Crippen LogP contribution is 2.20. The van der Waals surface area contributed by atoms with Crippen LogP contribution in [0.25, 0.3) is 0 Å². The van der Waals surface area contributed by atoms with Crippen LogP contribution in [0.3, 0.4) is 0 Å². The zero-order chi connectivity index (χ0) is 17.7. The van der Waals surface area contributed by atoms with Gasteiger partial charge in [-0.15, -0.1) is 35.3 Å². The van der Waals surface area contributed by atoms with Crippen LogP contribution >= 0.6 is 47.1 Å². The average Bonchev–Trinajstić information content (AvgIpc) is 3.13. The molecule has 0 radical (unpaired) electrons. The Labute approximate surface area is 185 Å². The molecule has 0 atom stereocenters. The summed E-state index contributed by atoms with van der Waals surface area (Å²) in [6.07, 6.45) is 7.19. The van der Waals surface area contributed by atoms with Crippen molar-refractivity contribution in [3.8, 4) is 0 Å². The second-order valence-corrected chi connectivity index (χ2v) is 8.66. The van der Waals surface area contributed by atoms with E-state index in [4.69, 9.17) is 4.99 Å². The molecule has 0 aromatic carbocycles. The van der Waals surface area contributed by atoms with Crippen LogP contribution < -0.4 is 10.6 Å². The number of hydrogen-bond donors (Lipinski definition) is 2. The molecule has 0 amide bonds. The van der Waals surface area contributed by atoms with Crippen LogP contribution in [-0.4, -0.2) is 55.6 Å². The second kappa shape index (κ2) is 15.0. The first kappa shape index (κ1) is 24.0. The average molecular weight is 511 g/mol. The number of hydrogen-bond acceptors (Lipinski definition) is 4. The number of thiophene rings is 1. The van der Waals surface area contributed by atoms with Gasteiger partial charge in [0.1, 0.15) is 0 Å². The molecule has 2 rings (SSSR count). The quantitative estimate of drug-likeness (QED) is 0.214. The van der Waals surface area contributed by atoms with E-state index >= 15 is 0 Å². The molecule has 2 heterocycles. The fourth-order valence-corrected chi connectivity index (χ4v) is 4.33. The van der Waals surface area contributed by atoms with Crippen molar-refractivity contribution in [3.63, 3.8) is 0 Å². The van der Waals surface area contributed by atoms with Crippen molar-refractivity contribution in [3.05, 3.63) is 22.4 Å². The predicted molar refractivity (Wildman–Crippen MR) is 129 cm³/mol. The lowest BCUT2D eigenvalue weighted by Crippen LogP contribution is -2.39. The van der Waals surface area contributed by atoms with Crippen molar-refractivity contribution < 1.29 is 0 Å². The van der Waals surface area contributed by atoms with Crippen molar-refractivity contribution >= 4 is 53.0 Å². The van der Waals surface area contributed by atoms with E-state index in [2.05, 4.69) is 46.2 Å². The third-order valence-electron chi connectivity index (χ3n) is 4.59. The van der Waals surface area contributed by atoms with Crippen LogP contribution in [0, 0.1) is 5.92 Å². The van der Waals surface area contributed by atoms with Crippen LogP contribution in [0.2, 0.25) is 0 Å². The van der Waals surface area contributed by atoms with E-state index in [0.717, 1.165) is 38.1 Å². The third kappa shape index (κ3) is 9.80. The van der Waals surface area contributed by atoms with Crippen LogP contribution in [0.1, 0.15) is 37.5 Å². The number of nitrogens with one attached hydrogen (secondary N) is 2. The van der Waals surface area contributed by atoms with Gasteiger partial charge in [-0.3, -0.25) is 9.89 Å². The SMILES string of the molecule is CCNC(=NCC1CCN(Cc2cccs2)CC1)NCCCCSC.I. The molecule has 1 saturated heterocycles. The summed E-state index contributed by atoms with van der Waals surface area (Å²) in [6, 6.07) is 4.40. The Bertz CT molecular complexity index is 474. The zero-order valence-corrected chi connectivity index (χ0v) is 20.2. The standard InChI is InChI=1S/C19H34N4S2.HI/c1-3-20-19(21-10-4-5-13-24-2)22-15-17-8-11-23(12-9-17)16-18-7-6-14-25-18;/h6-7,14,17H,3-5,8-13,15-16H2,1-2H3,(H2,20,21,22);1H. The number of piperidine rings is 1. The fraction of sp³-hybridized carbons (Fsp3) is 0.737. The Morgan fingerprint density at radius 3 is 2.77 bits per heavy atom. The largest absolute Gasteiger partial charge is 0.357 e. The molecule has 1 aromatic heterocycles. The van der Waals surface area contributed by atoms with Crippen LogP contribution in [-0.2, 0) is 6.54 Å². The second-order valence-electron chi connectivity index (χ2n) is 6.65. The first-order valence-corrected chi connectivity index (χ1v) is 11.8. The fourth-order valence-electron chi connectivity index (χ4n) is 3.09. The lowest BCUT2D eigenvalue weighted by molar-refractivity contribution is 0.182. The van der Waals surface area contributed by atoms with E-state index in [0.29, 0.717) is 0 Å². The molecule has 150 valence electrons. The third-order valence-corrected chi connectivity index (χ3v) is 6.14. The number of likely N-dealkylation sites (tertiary alicyclic amines) is 1. The van der Waals surface area contributed by atoms with E-state index < -0.39 is 0 Å². The summed E-state index contributed by atoms with van der Waals surface area (Å²) in [6.45, 7) is 8.56. The molecule has 7 heteroatoms. The van der Waals surface area contributed by atoms with Crippen molar-refractivity contribution in [1.82, 2.24) is 15.5 Å². The van der Waals surface area contributed by atoms with Gasteiger partial charge in [0.15, 0.2) is 5.96 Å². The maximum absolute atomic E-state index is 4.83. The Morgan fingerprint density at radius 1 is 1.31 bits per heavy atom. The topological polar surface area (TPSA) is 39.7 Å². The Kier molecular flexibility index (Phi) is 13.9. The molecular weight excluding hydrogens is 475 g/mol. The summed E-state index contributed by atoms with van der Waals surface area (Å²) in [5, 5.41) is 9.03. The van der Waals surface area contributed by atoms with Gasteiger partial charge in [-0.25, -0.2) is 0 Å². The van der Waals surface area contributed by atoms with Gasteiger partial charge in [0.05, 0.1) is 0 Å². The highest BCUT2D eigenvalue weighted by atomic mass is 127. The number of aliphatic imine (C=N–C) groups is 1. The predicted octanol–water partition coefficient (Wildman–Crippen LogP) is 4.28. The Balaban J connectivity index is 0.00000338. The number of rotatable bonds is 10. The lowest BCUT2D eigenvalue weighted by Gasteiger charge is -2.31. The number of thioether (sulfide) groups is 1. The van der Waals surface area contributed by atoms with Crippen LogP contribution in [0.4, 0.5) is 0 Å². The Hall–Kier alpha value is 0.01000. The molecule has 1 aliphatic heterocycles. The lowest BCUT2D eigenvalue weighted by atomic mass is 9.97. The summed E-state index contributed by atoms with van der Waals surface area (Å²) in [7, 11) is 0. The molecule has 0 saturated carbocycles. The highest BCUT2D eigenvalue weighted by molar-refractivity contribution is 14.0. The minimum absolute atomic E-state index is 0.